The summed E-state index contributed by atoms with van der Waals surface area (Å²) < 4.78 is 11.3. The molecule has 26 heavy (non-hydrogen) atoms. The lowest BCUT2D eigenvalue weighted by Crippen LogP contribution is -2.38. The Morgan fingerprint density at radius 2 is 2.00 bits per heavy atom. The van der Waals surface area contributed by atoms with E-state index in [0.717, 1.165) is 11.9 Å². The molecule has 0 aromatic heterocycles. The van der Waals surface area contributed by atoms with Crippen molar-refractivity contribution in [3.63, 3.8) is 0 Å². The maximum absolute atomic E-state index is 12.5. The molecular weight excluding hydrogens is 336 g/mol. The van der Waals surface area contributed by atoms with Crippen LogP contribution in [0, 0.1) is 29.6 Å². The SMILES string of the molecule is CC=C(C)C(=O)OC1CC(C=O)C2C(=O)C=C(C)C2C2OC(=O)C(C)C12. The highest BCUT2D eigenvalue weighted by Crippen LogP contribution is 2.50. The predicted octanol–water partition coefficient (Wildman–Crippen LogP) is 2.02. The first-order valence-electron chi connectivity index (χ1n) is 9.01. The van der Waals surface area contributed by atoms with Gasteiger partial charge in [-0.15, -0.1) is 0 Å². The number of allylic oxidation sites excluding steroid dienone is 2. The van der Waals surface area contributed by atoms with Crippen LogP contribution in [0.3, 0.4) is 0 Å². The average molecular weight is 360 g/mol. The Kier molecular flexibility index (Phi) is 4.86. The van der Waals surface area contributed by atoms with Crippen LogP contribution in [0.25, 0.3) is 0 Å². The third kappa shape index (κ3) is 2.81. The smallest absolute Gasteiger partial charge is 0.333 e. The zero-order valence-corrected chi connectivity index (χ0v) is 15.4. The molecule has 0 spiro atoms. The second-order valence-electron chi connectivity index (χ2n) is 7.56. The molecule has 7 atom stereocenters. The van der Waals surface area contributed by atoms with Gasteiger partial charge in [-0.05, 0) is 33.3 Å². The predicted molar refractivity (Wildman–Crippen MR) is 91.8 cm³/mol. The zero-order valence-electron chi connectivity index (χ0n) is 15.4. The second kappa shape index (κ2) is 6.82. The minimum Gasteiger partial charge on any atom is -0.461 e. The fourth-order valence-electron chi connectivity index (χ4n) is 4.61. The molecule has 3 aliphatic rings. The van der Waals surface area contributed by atoms with Crippen LogP contribution in [0.1, 0.15) is 34.1 Å². The minimum absolute atomic E-state index is 0.115. The largest absolute Gasteiger partial charge is 0.461 e. The lowest BCUT2D eigenvalue weighted by atomic mass is 9.77. The maximum atomic E-state index is 12.5. The summed E-state index contributed by atoms with van der Waals surface area (Å²) in [5.74, 6) is -3.22. The number of carbonyl (C=O) groups is 4. The number of rotatable bonds is 3. The first-order valence-corrected chi connectivity index (χ1v) is 9.01. The molecule has 1 aliphatic heterocycles. The van der Waals surface area contributed by atoms with Gasteiger partial charge in [0.15, 0.2) is 5.78 Å². The van der Waals surface area contributed by atoms with Gasteiger partial charge in [0, 0.05) is 29.2 Å². The standard InChI is InChI=1S/C20H24O6/c1-5-9(2)19(23)25-14-7-12(8-21)17-13(22)6-10(3)15(17)18-16(14)11(4)20(24)26-18/h5-6,8,11-12,14-18H,7H2,1-4H3. The summed E-state index contributed by atoms with van der Waals surface area (Å²) in [6.45, 7) is 6.97. The van der Waals surface area contributed by atoms with Crippen LogP contribution >= 0.6 is 0 Å². The van der Waals surface area contributed by atoms with Gasteiger partial charge >= 0.3 is 11.9 Å². The number of hydrogen-bond donors (Lipinski definition) is 0. The van der Waals surface area contributed by atoms with Crippen LogP contribution in [0.2, 0.25) is 0 Å². The van der Waals surface area contributed by atoms with E-state index >= 15 is 0 Å². The number of carbonyl (C=O) groups excluding carboxylic acids is 4. The molecule has 1 saturated heterocycles. The zero-order chi connectivity index (χ0) is 19.2. The molecule has 0 aromatic carbocycles. The third-order valence-electron chi connectivity index (χ3n) is 6.13. The van der Waals surface area contributed by atoms with Crippen molar-refractivity contribution in [3.8, 4) is 0 Å². The molecule has 0 radical (unpaired) electrons. The molecule has 140 valence electrons. The third-order valence-corrected chi connectivity index (χ3v) is 6.13. The quantitative estimate of drug-likeness (QED) is 0.435. The van der Waals surface area contributed by atoms with E-state index in [4.69, 9.17) is 9.47 Å². The van der Waals surface area contributed by atoms with E-state index < -0.39 is 35.9 Å². The van der Waals surface area contributed by atoms with Crippen molar-refractivity contribution in [2.75, 3.05) is 0 Å². The summed E-state index contributed by atoms with van der Waals surface area (Å²) in [4.78, 5) is 48.8. The molecule has 2 aliphatic carbocycles. The highest BCUT2D eigenvalue weighted by Gasteiger charge is 2.59. The molecular formula is C20H24O6. The fraction of sp³-hybridized carbons (Fsp3) is 0.600. The van der Waals surface area contributed by atoms with Gasteiger partial charge in [0.2, 0.25) is 0 Å². The number of ether oxygens (including phenoxy) is 2. The number of ketones is 1. The molecule has 0 aromatic rings. The van der Waals surface area contributed by atoms with Crippen molar-refractivity contribution in [2.24, 2.45) is 29.6 Å². The van der Waals surface area contributed by atoms with E-state index in [1.165, 1.54) is 0 Å². The van der Waals surface area contributed by atoms with Crippen LogP contribution in [0.4, 0.5) is 0 Å². The fourth-order valence-corrected chi connectivity index (χ4v) is 4.61. The number of esters is 2. The van der Waals surface area contributed by atoms with Gasteiger partial charge in [-0.3, -0.25) is 9.59 Å². The highest BCUT2D eigenvalue weighted by molar-refractivity contribution is 5.97. The summed E-state index contributed by atoms with van der Waals surface area (Å²) in [6.07, 6.45) is 3.00. The van der Waals surface area contributed by atoms with Crippen molar-refractivity contribution in [3.05, 3.63) is 23.3 Å². The first-order chi connectivity index (χ1) is 12.3. The van der Waals surface area contributed by atoms with Gasteiger partial charge in [-0.1, -0.05) is 18.6 Å². The van der Waals surface area contributed by atoms with Crippen molar-refractivity contribution < 1.29 is 28.7 Å². The van der Waals surface area contributed by atoms with Crippen molar-refractivity contribution >= 4 is 24.0 Å². The van der Waals surface area contributed by atoms with Crippen molar-refractivity contribution in [1.82, 2.24) is 0 Å². The summed E-state index contributed by atoms with van der Waals surface area (Å²) in [7, 11) is 0. The molecule has 7 unspecified atom stereocenters. The van der Waals surface area contributed by atoms with E-state index in [-0.39, 0.29) is 30.0 Å². The van der Waals surface area contributed by atoms with Crippen LogP contribution in [0.15, 0.2) is 23.3 Å². The van der Waals surface area contributed by atoms with E-state index in [0.29, 0.717) is 5.57 Å². The van der Waals surface area contributed by atoms with Crippen LogP contribution in [0.5, 0.6) is 0 Å². The Bertz CT molecular complexity index is 718. The molecule has 1 saturated carbocycles. The lowest BCUT2D eigenvalue weighted by Gasteiger charge is -2.29. The highest BCUT2D eigenvalue weighted by atomic mass is 16.6. The number of fused-ring (bicyclic) bond motifs is 3. The van der Waals surface area contributed by atoms with Gasteiger partial charge < -0.3 is 14.3 Å². The minimum atomic E-state index is -0.648. The normalized spacial score (nSPS) is 39.5. The molecule has 0 N–H and O–H groups in total. The van der Waals surface area contributed by atoms with Crippen molar-refractivity contribution in [1.29, 1.82) is 0 Å². The van der Waals surface area contributed by atoms with Gasteiger partial charge in [0.05, 0.1) is 5.92 Å². The van der Waals surface area contributed by atoms with Gasteiger partial charge in [0.25, 0.3) is 0 Å². The molecule has 3 rings (SSSR count). The molecule has 6 heteroatoms. The monoisotopic (exact) mass is 360 g/mol. The Morgan fingerprint density at radius 1 is 1.31 bits per heavy atom. The van der Waals surface area contributed by atoms with Crippen LogP contribution in [-0.4, -0.2) is 36.2 Å². The van der Waals surface area contributed by atoms with Crippen LogP contribution < -0.4 is 0 Å². The van der Waals surface area contributed by atoms with E-state index in [2.05, 4.69) is 0 Å². The molecule has 0 bridgehead atoms. The maximum Gasteiger partial charge on any atom is 0.333 e. The van der Waals surface area contributed by atoms with Crippen molar-refractivity contribution in [2.45, 2.75) is 46.3 Å². The first kappa shape index (κ1) is 18.5. The molecule has 0 amide bonds. The average Bonchev–Trinajstić information content (AvgIpc) is 3.00. The van der Waals surface area contributed by atoms with E-state index in [1.54, 1.807) is 32.9 Å². The topological polar surface area (TPSA) is 86.7 Å². The number of aldehydes is 1. The van der Waals surface area contributed by atoms with Gasteiger partial charge in [-0.2, -0.15) is 0 Å². The number of hydrogen-bond acceptors (Lipinski definition) is 6. The summed E-state index contributed by atoms with van der Waals surface area (Å²) >= 11 is 0. The Labute approximate surface area is 152 Å². The molecule has 1 heterocycles. The Morgan fingerprint density at radius 3 is 2.62 bits per heavy atom. The summed E-state index contributed by atoms with van der Waals surface area (Å²) in [5.41, 5.74) is 1.28. The molecule has 2 fully saturated rings. The van der Waals surface area contributed by atoms with Gasteiger partial charge in [0.1, 0.15) is 18.5 Å². The summed E-state index contributed by atoms with van der Waals surface area (Å²) in [5, 5.41) is 0. The summed E-state index contributed by atoms with van der Waals surface area (Å²) in [6, 6.07) is 0. The second-order valence-corrected chi connectivity index (χ2v) is 7.56. The van der Waals surface area contributed by atoms with E-state index in [1.807, 2.05) is 6.92 Å². The molecule has 6 nitrogen and oxygen atoms in total. The van der Waals surface area contributed by atoms with E-state index in [9.17, 15) is 19.2 Å². The van der Waals surface area contributed by atoms with Gasteiger partial charge in [-0.25, -0.2) is 4.79 Å². The Balaban J connectivity index is 2.02. The lowest BCUT2D eigenvalue weighted by molar-refractivity contribution is -0.150. The van der Waals surface area contributed by atoms with Crippen LogP contribution in [-0.2, 0) is 28.7 Å². The Hall–Kier alpha value is -2.24.